The van der Waals surface area contributed by atoms with Gasteiger partial charge in [0.15, 0.2) is 0 Å². The molecule has 0 saturated carbocycles. The molecule has 0 aliphatic rings. The normalized spacial score (nSPS) is 10.0. The van der Waals surface area contributed by atoms with Crippen LogP contribution in [0.15, 0.2) is 109 Å². The smallest absolute Gasteiger partial charge is 0.335 e. The molecule has 0 aromatic heterocycles. The number of aromatic carboxylic acids is 2. The van der Waals surface area contributed by atoms with Crippen LogP contribution in [0.1, 0.15) is 43.0 Å². The molecule has 0 radical (unpaired) electrons. The van der Waals surface area contributed by atoms with Gasteiger partial charge >= 0.3 is 11.9 Å². The lowest BCUT2D eigenvalue weighted by Gasteiger charge is -2.02. The molecule has 0 fully saturated rings. The van der Waals surface area contributed by atoms with E-state index in [4.69, 9.17) is 10.2 Å². The maximum atomic E-state index is 10.8. The molecule has 0 aliphatic carbocycles. The highest BCUT2D eigenvalue weighted by atomic mass is 16.4. The molecule has 4 heteroatoms. The highest BCUT2D eigenvalue weighted by Gasteiger charge is 2.04. The fraction of sp³-hybridized carbons (Fsp3) is 0.0714. The predicted octanol–water partition coefficient (Wildman–Crippen LogP) is 5.95. The first-order valence-electron chi connectivity index (χ1n) is 10.2. The van der Waals surface area contributed by atoms with Crippen LogP contribution in [0.2, 0.25) is 0 Å². The largest absolute Gasteiger partial charge is 0.478 e. The Morgan fingerprint density at radius 3 is 1.16 bits per heavy atom. The number of rotatable bonds is 6. The number of carbonyl (C=O) groups is 2. The quantitative estimate of drug-likeness (QED) is 0.401. The maximum absolute atomic E-state index is 10.8. The number of carboxylic acid groups (broad SMARTS) is 2. The zero-order chi connectivity index (χ0) is 22.8. The van der Waals surface area contributed by atoms with Gasteiger partial charge < -0.3 is 10.2 Å². The zero-order valence-electron chi connectivity index (χ0n) is 17.5. The minimum absolute atomic E-state index is 0.341. The van der Waals surface area contributed by atoms with Crippen LogP contribution in [0, 0.1) is 0 Å². The minimum atomic E-state index is -0.880. The van der Waals surface area contributed by atoms with Crippen molar-refractivity contribution in [2.24, 2.45) is 0 Å². The fourth-order valence-corrected chi connectivity index (χ4v) is 3.29. The summed E-state index contributed by atoms with van der Waals surface area (Å²) in [4.78, 5) is 21.6. The first kappa shape index (κ1) is 22.5. The van der Waals surface area contributed by atoms with E-state index in [-0.39, 0.29) is 0 Å². The van der Waals surface area contributed by atoms with E-state index in [1.54, 1.807) is 36.4 Å². The van der Waals surface area contributed by atoms with Crippen molar-refractivity contribution in [2.45, 2.75) is 12.8 Å². The highest BCUT2D eigenvalue weighted by molar-refractivity contribution is 5.88. The number of hydrogen-bond acceptors (Lipinski definition) is 2. The van der Waals surface area contributed by atoms with Crippen LogP contribution < -0.4 is 0 Å². The summed E-state index contributed by atoms with van der Waals surface area (Å²) in [7, 11) is 0. The van der Waals surface area contributed by atoms with Gasteiger partial charge in [0.25, 0.3) is 0 Å². The summed E-state index contributed by atoms with van der Waals surface area (Å²) in [6.45, 7) is 0. The van der Waals surface area contributed by atoms with Gasteiger partial charge in [0.05, 0.1) is 11.1 Å². The van der Waals surface area contributed by atoms with Crippen LogP contribution in [-0.2, 0) is 12.8 Å². The second-order valence-electron chi connectivity index (χ2n) is 7.34. The fourth-order valence-electron chi connectivity index (χ4n) is 3.29. The number of carboxylic acids is 2. The van der Waals surface area contributed by atoms with Crippen LogP contribution in [0.3, 0.4) is 0 Å². The molecule has 4 aromatic carbocycles. The molecule has 0 spiro atoms. The van der Waals surface area contributed by atoms with E-state index in [9.17, 15) is 9.59 Å². The third-order valence-electron chi connectivity index (χ3n) is 4.85. The Bertz CT molecular complexity index is 1070. The van der Waals surface area contributed by atoms with Crippen molar-refractivity contribution in [3.8, 4) is 0 Å². The second kappa shape index (κ2) is 11.3. The summed E-state index contributed by atoms with van der Waals surface area (Å²) in [6.07, 6.45) is 1.53. The monoisotopic (exact) mass is 424 g/mol. The molecule has 0 unspecified atom stereocenters. The van der Waals surface area contributed by atoms with Gasteiger partial charge in [-0.1, -0.05) is 84.9 Å². The van der Waals surface area contributed by atoms with Gasteiger partial charge in [-0.25, -0.2) is 9.59 Å². The molecule has 0 amide bonds. The summed E-state index contributed by atoms with van der Waals surface area (Å²) in [5.41, 5.74) is 5.09. The van der Waals surface area contributed by atoms with E-state index in [0.717, 1.165) is 24.0 Å². The SMILES string of the molecule is O=C(O)c1cccc(Cc2ccccc2)c1.O=C(O)c1cccc(Cc2ccccc2)c1. The van der Waals surface area contributed by atoms with Crippen LogP contribution in [0.5, 0.6) is 0 Å². The molecular formula is C28H24O4. The van der Waals surface area contributed by atoms with Crippen LogP contribution in [0.25, 0.3) is 0 Å². The zero-order valence-corrected chi connectivity index (χ0v) is 17.5. The van der Waals surface area contributed by atoms with Gasteiger partial charge in [-0.2, -0.15) is 0 Å². The van der Waals surface area contributed by atoms with Crippen molar-refractivity contribution in [1.82, 2.24) is 0 Å². The molecule has 0 atom stereocenters. The third-order valence-corrected chi connectivity index (χ3v) is 4.85. The first-order chi connectivity index (χ1) is 15.5. The van der Waals surface area contributed by atoms with Gasteiger partial charge in [-0.3, -0.25) is 0 Å². The molecule has 4 aromatic rings. The van der Waals surface area contributed by atoms with Crippen molar-refractivity contribution in [3.05, 3.63) is 143 Å². The minimum Gasteiger partial charge on any atom is -0.478 e. The van der Waals surface area contributed by atoms with Crippen molar-refractivity contribution in [3.63, 3.8) is 0 Å². The Morgan fingerprint density at radius 2 is 0.812 bits per heavy atom. The Labute approximate surface area is 187 Å². The van der Waals surface area contributed by atoms with Crippen LogP contribution in [0.4, 0.5) is 0 Å². The van der Waals surface area contributed by atoms with Crippen molar-refractivity contribution in [1.29, 1.82) is 0 Å². The van der Waals surface area contributed by atoms with Gasteiger partial charge in [0.2, 0.25) is 0 Å². The summed E-state index contributed by atoms with van der Waals surface area (Å²) in [5, 5.41) is 17.8. The summed E-state index contributed by atoms with van der Waals surface area (Å²) >= 11 is 0. The molecule has 4 nitrogen and oxygen atoms in total. The van der Waals surface area contributed by atoms with Gasteiger partial charge in [-0.05, 0) is 59.4 Å². The molecule has 4 rings (SSSR count). The predicted molar refractivity (Wildman–Crippen MR) is 125 cm³/mol. The molecule has 32 heavy (non-hydrogen) atoms. The summed E-state index contributed by atoms with van der Waals surface area (Å²) < 4.78 is 0. The van der Waals surface area contributed by atoms with Crippen LogP contribution in [-0.4, -0.2) is 22.2 Å². The van der Waals surface area contributed by atoms with Gasteiger partial charge in [-0.15, -0.1) is 0 Å². The van der Waals surface area contributed by atoms with Gasteiger partial charge in [0, 0.05) is 0 Å². The van der Waals surface area contributed by atoms with Crippen molar-refractivity contribution >= 4 is 11.9 Å². The van der Waals surface area contributed by atoms with E-state index in [2.05, 4.69) is 0 Å². The lowest BCUT2D eigenvalue weighted by molar-refractivity contribution is 0.0686. The first-order valence-corrected chi connectivity index (χ1v) is 10.2. The van der Waals surface area contributed by atoms with E-state index < -0.39 is 11.9 Å². The highest BCUT2D eigenvalue weighted by Crippen LogP contribution is 2.12. The van der Waals surface area contributed by atoms with E-state index in [1.165, 1.54) is 11.1 Å². The standard InChI is InChI=1S/2C14H12O2/c2*15-14(16)13-8-4-7-12(10-13)9-11-5-2-1-3-6-11/h2*1-8,10H,9H2,(H,15,16). The molecule has 0 saturated heterocycles. The maximum Gasteiger partial charge on any atom is 0.335 e. The number of hydrogen-bond donors (Lipinski definition) is 2. The average Bonchev–Trinajstić information content (AvgIpc) is 2.81. The summed E-state index contributed by atoms with van der Waals surface area (Å²) in [6, 6.07) is 34.1. The van der Waals surface area contributed by atoms with Crippen molar-refractivity contribution < 1.29 is 19.8 Å². The molecule has 2 N–H and O–H groups in total. The van der Waals surface area contributed by atoms with E-state index in [0.29, 0.717) is 11.1 Å². The lowest BCUT2D eigenvalue weighted by atomic mass is 10.0. The van der Waals surface area contributed by atoms with E-state index in [1.807, 2.05) is 72.8 Å². The average molecular weight is 424 g/mol. The number of benzene rings is 4. The van der Waals surface area contributed by atoms with Crippen molar-refractivity contribution in [2.75, 3.05) is 0 Å². The molecule has 0 bridgehead atoms. The Hall–Kier alpha value is -4.18. The Morgan fingerprint density at radius 1 is 0.469 bits per heavy atom. The summed E-state index contributed by atoms with van der Waals surface area (Å²) in [5.74, 6) is -1.76. The lowest BCUT2D eigenvalue weighted by Crippen LogP contribution is -1.97. The van der Waals surface area contributed by atoms with E-state index >= 15 is 0 Å². The van der Waals surface area contributed by atoms with Crippen LogP contribution >= 0.6 is 0 Å². The molecule has 0 heterocycles. The molecule has 160 valence electrons. The second-order valence-corrected chi connectivity index (χ2v) is 7.34. The Kier molecular flexibility index (Phi) is 7.93. The molecule has 0 aliphatic heterocycles. The van der Waals surface area contributed by atoms with Gasteiger partial charge in [0.1, 0.15) is 0 Å². The molecular weight excluding hydrogens is 400 g/mol. The topological polar surface area (TPSA) is 74.6 Å². The third kappa shape index (κ3) is 6.96. The Balaban J connectivity index is 0.000000181.